The van der Waals surface area contributed by atoms with Gasteiger partial charge in [0, 0.05) is 12.3 Å². The van der Waals surface area contributed by atoms with Crippen molar-refractivity contribution in [3.63, 3.8) is 0 Å². The second-order valence-corrected chi connectivity index (χ2v) is 9.20. The molecule has 0 bridgehead atoms. The van der Waals surface area contributed by atoms with E-state index >= 15 is 0 Å². The number of nitrogens with one attached hydrogen (secondary N) is 2. The summed E-state index contributed by atoms with van der Waals surface area (Å²) in [5.41, 5.74) is 4.81. The number of imidazole rings is 1. The molecule has 0 unspecified atom stereocenters. The molecule has 0 aliphatic carbocycles. The number of aromatic amines is 1. The first-order chi connectivity index (χ1) is 19.0. The number of carbonyl (C=O) groups is 2. The summed E-state index contributed by atoms with van der Waals surface area (Å²) in [6.07, 6.45) is 1.58. The van der Waals surface area contributed by atoms with E-state index in [1.165, 1.54) is 7.11 Å². The number of rotatable bonds is 9. The number of carbonyl (C=O) groups excluding carboxylic acids is 2. The molecule has 1 aliphatic heterocycles. The molecule has 9 heteroatoms. The summed E-state index contributed by atoms with van der Waals surface area (Å²) in [5.74, 6) is -0.190. The van der Waals surface area contributed by atoms with Gasteiger partial charge < -0.3 is 29.6 Å². The van der Waals surface area contributed by atoms with Gasteiger partial charge in [-0.1, -0.05) is 48.5 Å². The third kappa shape index (κ3) is 6.34. The molecule has 0 radical (unpaired) electrons. The van der Waals surface area contributed by atoms with Crippen LogP contribution in [0.2, 0.25) is 0 Å². The number of amides is 1. The first kappa shape index (κ1) is 26.1. The molecule has 1 amide bonds. The second-order valence-electron chi connectivity index (χ2n) is 9.20. The van der Waals surface area contributed by atoms with Gasteiger partial charge in [0.15, 0.2) is 5.76 Å². The normalized spacial score (nSPS) is 16.8. The number of benzene rings is 3. The Bertz CT molecular complexity index is 1440. The Labute approximate surface area is 225 Å². The van der Waals surface area contributed by atoms with Crippen molar-refractivity contribution >= 4 is 22.9 Å². The predicted octanol–water partition coefficient (Wildman–Crippen LogP) is 4.09. The van der Waals surface area contributed by atoms with E-state index in [0.29, 0.717) is 17.8 Å². The van der Waals surface area contributed by atoms with Crippen LogP contribution in [0.5, 0.6) is 0 Å². The molecule has 2 atom stereocenters. The molecule has 2 heterocycles. The molecule has 0 fully saturated rings. The zero-order valence-electron chi connectivity index (χ0n) is 21.4. The highest BCUT2D eigenvalue weighted by Gasteiger charge is 2.29. The van der Waals surface area contributed by atoms with Gasteiger partial charge in [-0.25, -0.2) is 9.78 Å². The molecule has 0 spiro atoms. The number of allylic oxidation sites excluding steroid dienone is 1. The fourth-order valence-corrected chi connectivity index (χ4v) is 4.41. The van der Waals surface area contributed by atoms with Crippen molar-refractivity contribution in [2.45, 2.75) is 38.4 Å². The Morgan fingerprint density at radius 2 is 1.79 bits per heavy atom. The average molecular weight is 528 g/mol. The maximum absolute atomic E-state index is 13.1. The summed E-state index contributed by atoms with van der Waals surface area (Å²) in [4.78, 5) is 32.7. The Morgan fingerprint density at radius 3 is 2.51 bits per heavy atom. The zero-order chi connectivity index (χ0) is 27.2. The van der Waals surface area contributed by atoms with E-state index in [4.69, 9.17) is 14.2 Å². The lowest BCUT2D eigenvalue weighted by molar-refractivity contribution is -0.150. The molecule has 9 nitrogen and oxygen atoms in total. The van der Waals surface area contributed by atoms with Crippen LogP contribution in [0.3, 0.4) is 0 Å². The molecule has 200 valence electrons. The Kier molecular flexibility index (Phi) is 8.00. The van der Waals surface area contributed by atoms with Gasteiger partial charge in [-0.15, -0.1) is 0 Å². The van der Waals surface area contributed by atoms with Gasteiger partial charge in [0.05, 0.1) is 43.5 Å². The fourth-order valence-electron chi connectivity index (χ4n) is 4.41. The highest BCUT2D eigenvalue weighted by atomic mass is 16.7. The molecule has 39 heavy (non-hydrogen) atoms. The molecule has 3 N–H and O–H groups in total. The summed E-state index contributed by atoms with van der Waals surface area (Å²) in [5, 5.41) is 12.1. The third-order valence-corrected chi connectivity index (χ3v) is 6.54. The highest BCUT2D eigenvalue weighted by molar-refractivity contribution is 5.92. The number of aliphatic hydroxyl groups excluding tert-OH is 1. The quantitative estimate of drug-likeness (QED) is 0.280. The van der Waals surface area contributed by atoms with E-state index in [1.807, 2.05) is 60.7 Å². The third-order valence-electron chi connectivity index (χ3n) is 6.54. The van der Waals surface area contributed by atoms with Gasteiger partial charge in [-0.05, 0) is 47.0 Å². The molecule has 0 saturated carbocycles. The number of methoxy groups -OCH3 is 1. The van der Waals surface area contributed by atoms with Crippen molar-refractivity contribution in [3.05, 3.63) is 113 Å². The average Bonchev–Trinajstić information content (AvgIpc) is 3.41. The first-order valence-electron chi connectivity index (χ1n) is 12.6. The van der Waals surface area contributed by atoms with Crippen LogP contribution in [-0.4, -0.2) is 40.4 Å². The van der Waals surface area contributed by atoms with Crippen LogP contribution in [0.25, 0.3) is 11.0 Å². The van der Waals surface area contributed by atoms with Gasteiger partial charge in [0.1, 0.15) is 5.82 Å². The molecule has 5 rings (SSSR count). The predicted molar refractivity (Wildman–Crippen MR) is 143 cm³/mol. The standard InChI is InChI=1S/C30H29N3O6/c1-37-30(36)22-12-10-21(11-13-22)23-14-26(29(35)31-16-27-32-24-4-2-3-5-25(24)33-27)39-28(15-23)38-18-20-8-6-19(17-34)7-9-20/h2-14,23,28,34H,15-18H2,1H3,(H,31,35)(H,32,33)/t23-,28+/m1/s1. The van der Waals surface area contributed by atoms with Crippen LogP contribution in [-0.2, 0) is 38.8 Å². The summed E-state index contributed by atoms with van der Waals surface area (Å²) in [6, 6.07) is 22.2. The summed E-state index contributed by atoms with van der Waals surface area (Å²) < 4.78 is 16.8. The number of esters is 1. The van der Waals surface area contributed by atoms with Crippen molar-refractivity contribution in [1.82, 2.24) is 15.3 Å². The van der Waals surface area contributed by atoms with Gasteiger partial charge in [-0.3, -0.25) is 4.79 Å². The second kappa shape index (κ2) is 11.9. The van der Waals surface area contributed by atoms with E-state index in [1.54, 1.807) is 18.2 Å². The van der Waals surface area contributed by atoms with Crippen molar-refractivity contribution in [1.29, 1.82) is 0 Å². The number of hydrogen-bond acceptors (Lipinski definition) is 7. The molecule has 3 aromatic carbocycles. The largest absolute Gasteiger partial charge is 0.465 e. The van der Waals surface area contributed by atoms with E-state index in [2.05, 4.69) is 15.3 Å². The lowest BCUT2D eigenvalue weighted by atomic mass is 9.92. The minimum atomic E-state index is -0.676. The number of nitrogens with zero attached hydrogens (tertiary/aromatic N) is 1. The first-order valence-corrected chi connectivity index (χ1v) is 12.6. The van der Waals surface area contributed by atoms with Gasteiger partial charge in [-0.2, -0.15) is 0 Å². The van der Waals surface area contributed by atoms with E-state index in [9.17, 15) is 14.7 Å². The SMILES string of the molecule is COC(=O)c1ccc([C@@H]2C=C(C(=O)NCc3nc4ccccc4[nH]3)O[C@H](OCc3ccc(CO)cc3)C2)cc1. The van der Waals surface area contributed by atoms with Crippen LogP contribution >= 0.6 is 0 Å². The summed E-state index contributed by atoms with van der Waals surface area (Å²) in [7, 11) is 1.34. The fraction of sp³-hybridized carbons (Fsp3) is 0.233. The minimum absolute atomic E-state index is 0.0272. The highest BCUT2D eigenvalue weighted by Crippen LogP contribution is 2.32. The van der Waals surface area contributed by atoms with Crippen LogP contribution in [0.1, 0.15) is 45.2 Å². The van der Waals surface area contributed by atoms with Crippen LogP contribution in [0.4, 0.5) is 0 Å². The van der Waals surface area contributed by atoms with Crippen LogP contribution < -0.4 is 5.32 Å². The van der Waals surface area contributed by atoms with Crippen molar-refractivity contribution in [2.75, 3.05) is 7.11 Å². The minimum Gasteiger partial charge on any atom is -0.465 e. The molecular formula is C30H29N3O6. The van der Waals surface area contributed by atoms with Crippen LogP contribution in [0.15, 0.2) is 84.6 Å². The summed E-state index contributed by atoms with van der Waals surface area (Å²) >= 11 is 0. The van der Waals surface area contributed by atoms with Crippen LogP contribution in [0, 0.1) is 0 Å². The molecule has 1 aromatic heterocycles. The topological polar surface area (TPSA) is 123 Å². The molecule has 4 aromatic rings. The molecule has 1 aliphatic rings. The van der Waals surface area contributed by atoms with Gasteiger partial charge in [0.2, 0.25) is 6.29 Å². The van der Waals surface area contributed by atoms with E-state index in [0.717, 1.165) is 27.7 Å². The smallest absolute Gasteiger partial charge is 0.337 e. The number of aliphatic hydroxyl groups is 1. The number of aromatic nitrogens is 2. The maximum atomic E-state index is 13.1. The van der Waals surface area contributed by atoms with Gasteiger partial charge in [0.25, 0.3) is 5.91 Å². The number of hydrogen-bond donors (Lipinski definition) is 3. The summed E-state index contributed by atoms with van der Waals surface area (Å²) in [6.45, 7) is 0.453. The van der Waals surface area contributed by atoms with Crippen molar-refractivity contribution in [3.8, 4) is 0 Å². The maximum Gasteiger partial charge on any atom is 0.337 e. The lowest BCUT2D eigenvalue weighted by Gasteiger charge is -2.29. The Hall–Kier alpha value is -4.47. The van der Waals surface area contributed by atoms with E-state index < -0.39 is 12.3 Å². The molecule has 0 saturated heterocycles. The lowest BCUT2D eigenvalue weighted by Crippen LogP contribution is -2.32. The Morgan fingerprint density at radius 1 is 1.05 bits per heavy atom. The number of fused-ring (bicyclic) bond motifs is 1. The van der Waals surface area contributed by atoms with Gasteiger partial charge >= 0.3 is 5.97 Å². The number of ether oxygens (including phenoxy) is 3. The monoisotopic (exact) mass is 527 g/mol. The van der Waals surface area contributed by atoms with Crippen molar-refractivity contribution < 1.29 is 28.9 Å². The Balaban J connectivity index is 1.31. The zero-order valence-corrected chi connectivity index (χ0v) is 21.4. The number of para-hydroxylation sites is 2. The van der Waals surface area contributed by atoms with E-state index in [-0.39, 0.29) is 37.3 Å². The van der Waals surface area contributed by atoms with Crippen molar-refractivity contribution in [2.24, 2.45) is 0 Å². The number of H-pyrrole nitrogens is 1. The molecular weight excluding hydrogens is 498 g/mol.